The first-order chi connectivity index (χ1) is 1.41. The summed E-state index contributed by atoms with van der Waals surface area (Å²) in [6, 6.07) is 0. The molecule has 0 saturated heterocycles. The van der Waals surface area contributed by atoms with Crippen LogP contribution in [0.5, 0.6) is 0 Å². The van der Waals surface area contributed by atoms with E-state index in [0.29, 0.717) is 0 Å². The first-order valence-electron chi connectivity index (χ1n) is 0.333. The van der Waals surface area contributed by atoms with Gasteiger partial charge in [-0.3, -0.25) is 0 Å². The molecule has 0 spiro atoms. The van der Waals surface area contributed by atoms with Gasteiger partial charge in [0.1, 0.15) is 0 Å². The molecule has 0 unspecified atom stereocenters. The number of rotatable bonds is 0. The summed E-state index contributed by atoms with van der Waals surface area (Å²) in [5.74, 6) is 0. The van der Waals surface area contributed by atoms with Gasteiger partial charge in [0.2, 0.25) is 0 Å². The maximum absolute atomic E-state index is 4.38. The number of hydrogen-bond donors (Lipinski definition) is 0. The van der Waals surface area contributed by atoms with E-state index in [2.05, 4.69) is 19.6 Å². The fraction of sp³-hybridized carbons (Fsp3) is 0. The molecule has 0 amide bonds. The quantitative estimate of drug-likeness (QED) is 0.339. The Morgan fingerprint density at radius 1 is 0.875 bits per heavy atom. The van der Waals surface area contributed by atoms with Gasteiger partial charge in [-0.15, -0.1) is 0 Å². The van der Waals surface area contributed by atoms with Crippen LogP contribution in [0.3, 0.4) is 0 Å². The average molecular weight is 842 g/mol. The van der Waals surface area contributed by atoms with Crippen LogP contribution >= 0.6 is 33.1 Å². The molecule has 0 aliphatic rings. The van der Waals surface area contributed by atoms with Crippen molar-refractivity contribution >= 4 is 33.1 Å². The Labute approximate surface area is 129 Å². The second-order valence-electron chi connectivity index (χ2n) is 0.0680. The van der Waals surface area contributed by atoms with Crippen molar-refractivity contribution in [3.05, 3.63) is 0 Å². The van der Waals surface area contributed by atoms with Gasteiger partial charge in [0, 0.05) is 84.3 Å². The molecule has 0 heterocycles. The van der Waals surface area contributed by atoms with E-state index in [1.54, 1.807) is 0 Å². The molecule has 0 radical (unpaired) electrons. The van der Waals surface area contributed by atoms with Gasteiger partial charge < -0.3 is 0 Å². The van der Waals surface area contributed by atoms with E-state index in [-0.39, 0.29) is 97.8 Å². The van der Waals surface area contributed by atoms with Crippen LogP contribution < -0.4 is 0 Å². The summed E-state index contributed by atoms with van der Waals surface area (Å²) in [4.78, 5) is 0. The maximum Gasteiger partial charge on any atom is 0 e. The molecule has 0 rings (SSSR count). The third kappa shape index (κ3) is 48.7. The van der Waals surface area contributed by atoms with Crippen LogP contribution in [0.1, 0.15) is 0 Å². The second-order valence-corrected chi connectivity index (χ2v) is 5.01. The van der Waals surface area contributed by atoms with Gasteiger partial charge in [-0.25, -0.2) is 0 Å². The van der Waals surface area contributed by atoms with Crippen LogP contribution in [-0.2, 0) is 99.2 Å². The summed E-state index contributed by atoms with van der Waals surface area (Å²) in [6.45, 7) is 0. The molecule has 0 saturated carbocycles. The molecule has 0 aromatic heterocycles. The van der Waals surface area contributed by atoms with E-state index in [4.69, 9.17) is 0 Å². The monoisotopic (exact) mass is 846 g/mol. The van der Waals surface area contributed by atoms with Crippen LogP contribution in [-0.4, -0.2) is 0 Å². The van der Waals surface area contributed by atoms with E-state index in [1.807, 2.05) is 0 Å². The molecule has 0 aromatic rings. The van der Waals surface area contributed by atoms with E-state index in [0.717, 1.165) is 0 Å². The van der Waals surface area contributed by atoms with E-state index in [1.165, 1.54) is 0 Å². The summed E-state index contributed by atoms with van der Waals surface area (Å²) in [5.41, 5.74) is 0. The summed E-state index contributed by atoms with van der Waals surface area (Å²) in [7, 11) is 8.75. The topological polar surface area (TPSA) is 0 Å². The van der Waals surface area contributed by atoms with Crippen molar-refractivity contribution in [2.45, 2.75) is 0 Å². The second kappa shape index (κ2) is 43.0. The van der Waals surface area contributed by atoms with E-state index < -0.39 is 14.9 Å². The molecule has 0 atom stereocenters. The predicted octanol–water partition coefficient (Wildman–Crippen LogP) is 1.40. The molecule has 8 heavy (non-hydrogen) atoms. The van der Waals surface area contributed by atoms with Gasteiger partial charge >= 0.3 is 34.6 Å². The van der Waals surface area contributed by atoms with Crippen LogP contribution in [0.2, 0.25) is 0 Å². The molecule has 0 aromatic carbocycles. The van der Waals surface area contributed by atoms with Crippen molar-refractivity contribution in [2.75, 3.05) is 0 Å². The molecule has 0 aliphatic carbocycles. The van der Waals surface area contributed by atoms with Crippen LogP contribution in [0.15, 0.2) is 0 Å². The minimum atomic E-state index is -0.583. The minimum absolute atomic E-state index is 0. The average Bonchev–Trinajstić information content (AvgIpc) is 0.918. The maximum atomic E-state index is 4.38. The van der Waals surface area contributed by atoms with Gasteiger partial charge in [-0.2, -0.15) is 13.5 Å². The standard InChI is InChI=1S/2Mo.H2S.2S.3W/h;;1H2;;;;;. The zero-order valence-corrected chi connectivity index (χ0v) is 18.8. The van der Waals surface area contributed by atoms with Gasteiger partial charge in [0.05, 0.1) is 0 Å². The molecule has 0 bridgehead atoms. The fourth-order valence-corrected chi connectivity index (χ4v) is 0. The van der Waals surface area contributed by atoms with Crippen molar-refractivity contribution < 1.29 is 99.2 Å². The predicted molar refractivity (Wildman–Crippen MR) is 25.6 cm³/mol. The third-order valence-corrected chi connectivity index (χ3v) is 0. The minimum Gasteiger partial charge on any atom is 0 e. The van der Waals surface area contributed by atoms with Gasteiger partial charge in [0.15, 0.2) is 0 Å². The van der Waals surface area contributed by atoms with Crippen molar-refractivity contribution in [3.8, 4) is 0 Å². The molecule has 0 N–H and O–H groups in total. The normalized spacial score (nSPS) is 1.50. The van der Waals surface area contributed by atoms with Gasteiger partial charge in [-0.05, 0) is 0 Å². The van der Waals surface area contributed by atoms with E-state index in [9.17, 15) is 0 Å². The summed E-state index contributed by atoms with van der Waals surface area (Å²) in [6.07, 6.45) is 0. The van der Waals surface area contributed by atoms with Crippen LogP contribution in [0.25, 0.3) is 0 Å². The zero-order valence-electron chi connectivity index (χ0n) is 3.36. The smallest absolute Gasteiger partial charge is 0 e. The largest absolute Gasteiger partial charge is 0 e. The van der Waals surface area contributed by atoms with Crippen molar-refractivity contribution in [3.63, 3.8) is 0 Å². The van der Waals surface area contributed by atoms with Crippen LogP contribution in [0.4, 0.5) is 0 Å². The molecule has 50 valence electrons. The zero-order chi connectivity index (χ0) is 2.71. The first-order valence-corrected chi connectivity index (χ1v) is 8.19. The molecule has 0 aliphatic heterocycles. The molecular formula is H2Mo2S3W3. The summed E-state index contributed by atoms with van der Waals surface area (Å²) >= 11 is -0.583. The summed E-state index contributed by atoms with van der Waals surface area (Å²) < 4.78 is 0. The van der Waals surface area contributed by atoms with Crippen molar-refractivity contribution in [1.29, 1.82) is 0 Å². The molecule has 8 heteroatoms. The van der Waals surface area contributed by atoms with Crippen LogP contribution in [0, 0.1) is 0 Å². The Balaban J connectivity index is -0.00000000200. The molecular weight excluding hydrogens is 840 g/mol. The summed E-state index contributed by atoms with van der Waals surface area (Å²) in [5, 5.41) is 0. The van der Waals surface area contributed by atoms with Crippen molar-refractivity contribution in [2.24, 2.45) is 0 Å². The van der Waals surface area contributed by atoms with Gasteiger partial charge in [0.25, 0.3) is 0 Å². The first kappa shape index (κ1) is 39.7. The Kier molecular flexibility index (Phi) is 213. The SMILES string of the molecule is S.[Mo].[Mo].[S]=[W]=[S].[W].[W]. The Bertz CT molecular complexity index is 33.5. The Morgan fingerprint density at radius 3 is 0.875 bits per heavy atom. The third-order valence-electron chi connectivity index (χ3n) is 0. The Morgan fingerprint density at radius 2 is 0.875 bits per heavy atom. The number of hydrogen-bond acceptors (Lipinski definition) is 2. The Hall–Kier alpha value is 4.23. The van der Waals surface area contributed by atoms with Crippen molar-refractivity contribution in [1.82, 2.24) is 0 Å². The fourth-order valence-electron chi connectivity index (χ4n) is 0. The molecule has 0 nitrogen and oxygen atoms in total. The molecule has 0 fully saturated rings. The van der Waals surface area contributed by atoms with Gasteiger partial charge in [-0.1, -0.05) is 0 Å². The van der Waals surface area contributed by atoms with E-state index >= 15 is 0 Å².